The lowest BCUT2D eigenvalue weighted by Crippen LogP contribution is -2.15. The average molecular weight is 455 g/mol. The van der Waals surface area contributed by atoms with Crippen LogP contribution in [0.5, 0.6) is 5.75 Å². The van der Waals surface area contributed by atoms with E-state index < -0.39 is 5.97 Å². The Hall–Kier alpha value is -2.60. The topological polar surface area (TPSA) is 64.3 Å². The van der Waals surface area contributed by atoms with Gasteiger partial charge < -0.3 is 9.84 Å². The predicted octanol–water partition coefficient (Wildman–Crippen LogP) is 6.10. The summed E-state index contributed by atoms with van der Waals surface area (Å²) in [7, 11) is 0. The summed E-state index contributed by atoms with van der Waals surface area (Å²) >= 11 is 3.49. The van der Waals surface area contributed by atoms with Crippen molar-refractivity contribution in [3.05, 3.63) is 70.3 Å². The monoisotopic (exact) mass is 454 g/mol. The minimum atomic E-state index is -1.02. The van der Waals surface area contributed by atoms with E-state index in [1.54, 1.807) is 0 Å². The largest absolute Gasteiger partial charge is 0.489 e. The second-order valence-electron chi connectivity index (χ2n) is 7.35. The van der Waals surface area contributed by atoms with Crippen molar-refractivity contribution < 1.29 is 14.6 Å². The Kier molecular flexibility index (Phi) is 6.00. The molecule has 1 aromatic heterocycles. The molecule has 1 saturated carbocycles. The van der Waals surface area contributed by atoms with Gasteiger partial charge in [-0.25, -0.2) is 4.79 Å². The van der Waals surface area contributed by atoms with E-state index in [1.165, 1.54) is 6.42 Å². The molecule has 6 heteroatoms. The molecule has 1 fully saturated rings. The summed E-state index contributed by atoms with van der Waals surface area (Å²) in [4.78, 5) is 11.6. The number of ether oxygens (including phenoxy) is 1. The number of rotatable bonds is 6. The summed E-state index contributed by atoms with van der Waals surface area (Å²) in [5.41, 5.74) is 2.93. The Labute approximate surface area is 178 Å². The second-order valence-corrected chi connectivity index (χ2v) is 8.14. The van der Waals surface area contributed by atoms with Crippen molar-refractivity contribution in [2.45, 2.75) is 44.8 Å². The van der Waals surface area contributed by atoms with Gasteiger partial charge in [0.1, 0.15) is 12.4 Å². The zero-order valence-corrected chi connectivity index (χ0v) is 17.6. The summed E-state index contributed by atoms with van der Waals surface area (Å²) in [6, 6.07) is 18.0. The first kappa shape index (κ1) is 19.7. The molecule has 0 unspecified atom stereocenters. The highest BCUT2D eigenvalue weighted by atomic mass is 79.9. The minimum Gasteiger partial charge on any atom is -0.489 e. The Balaban J connectivity index is 1.60. The number of carboxylic acids is 1. The molecule has 2 aromatic carbocycles. The summed E-state index contributed by atoms with van der Waals surface area (Å²) in [5.74, 6) is -0.244. The molecule has 0 aliphatic heterocycles. The highest BCUT2D eigenvalue weighted by Gasteiger charge is 2.27. The van der Waals surface area contributed by atoms with Gasteiger partial charge >= 0.3 is 5.97 Å². The van der Waals surface area contributed by atoms with Gasteiger partial charge in [-0.3, -0.25) is 4.68 Å². The number of hydrogen-bond acceptors (Lipinski definition) is 3. The van der Waals surface area contributed by atoms with Gasteiger partial charge in [0.25, 0.3) is 0 Å². The maximum absolute atomic E-state index is 11.6. The van der Waals surface area contributed by atoms with Crippen LogP contribution >= 0.6 is 15.9 Å². The van der Waals surface area contributed by atoms with E-state index in [0.717, 1.165) is 48.3 Å². The van der Waals surface area contributed by atoms with E-state index in [9.17, 15) is 9.90 Å². The highest BCUT2D eigenvalue weighted by Crippen LogP contribution is 2.38. The minimum absolute atomic E-state index is 0.0648. The predicted molar refractivity (Wildman–Crippen MR) is 115 cm³/mol. The first-order valence-corrected chi connectivity index (χ1v) is 10.7. The SMILES string of the molecule is O=C(O)c1nn(C2CCCCC2)c(-c2ccc(OCc3ccccc3)cc2)c1Br. The quantitative estimate of drug-likeness (QED) is 0.488. The molecule has 0 spiro atoms. The molecule has 1 aliphatic carbocycles. The Morgan fingerprint density at radius 3 is 2.41 bits per heavy atom. The molecule has 29 heavy (non-hydrogen) atoms. The summed E-state index contributed by atoms with van der Waals surface area (Å²) < 4.78 is 8.32. The van der Waals surface area contributed by atoms with Crippen molar-refractivity contribution >= 4 is 21.9 Å². The molecule has 1 heterocycles. The van der Waals surface area contributed by atoms with E-state index in [-0.39, 0.29) is 11.7 Å². The third-order valence-corrected chi connectivity index (χ3v) is 6.10. The Bertz CT molecular complexity index is 977. The molecule has 1 aliphatic rings. The zero-order chi connectivity index (χ0) is 20.2. The van der Waals surface area contributed by atoms with Crippen LogP contribution in [-0.4, -0.2) is 20.9 Å². The van der Waals surface area contributed by atoms with E-state index in [0.29, 0.717) is 11.1 Å². The van der Waals surface area contributed by atoms with Crippen LogP contribution in [0.1, 0.15) is 54.2 Å². The van der Waals surface area contributed by atoms with Crippen molar-refractivity contribution in [3.63, 3.8) is 0 Å². The Morgan fingerprint density at radius 1 is 1.07 bits per heavy atom. The van der Waals surface area contributed by atoms with E-state index in [4.69, 9.17) is 4.74 Å². The zero-order valence-electron chi connectivity index (χ0n) is 16.1. The van der Waals surface area contributed by atoms with Crippen molar-refractivity contribution in [1.29, 1.82) is 0 Å². The lowest BCUT2D eigenvalue weighted by Gasteiger charge is -2.24. The fraction of sp³-hybridized carbons (Fsp3) is 0.304. The molecule has 0 atom stereocenters. The maximum atomic E-state index is 11.6. The molecular formula is C23H23BrN2O3. The van der Waals surface area contributed by atoms with Gasteiger partial charge in [0.15, 0.2) is 5.69 Å². The number of halogens is 1. The van der Waals surface area contributed by atoms with Crippen LogP contribution in [0.15, 0.2) is 59.1 Å². The molecule has 3 aromatic rings. The highest BCUT2D eigenvalue weighted by molar-refractivity contribution is 9.10. The molecule has 150 valence electrons. The van der Waals surface area contributed by atoms with Crippen LogP contribution in [0.25, 0.3) is 11.3 Å². The average Bonchev–Trinajstić information content (AvgIpc) is 3.11. The number of aromatic carboxylic acids is 1. The van der Waals surface area contributed by atoms with Gasteiger partial charge in [-0.1, -0.05) is 49.6 Å². The van der Waals surface area contributed by atoms with Gasteiger partial charge in [0.2, 0.25) is 0 Å². The van der Waals surface area contributed by atoms with Crippen LogP contribution in [-0.2, 0) is 6.61 Å². The maximum Gasteiger partial charge on any atom is 0.357 e. The van der Waals surface area contributed by atoms with Crippen LogP contribution in [0.2, 0.25) is 0 Å². The van der Waals surface area contributed by atoms with Gasteiger partial charge in [-0.15, -0.1) is 0 Å². The first-order chi connectivity index (χ1) is 14.1. The summed E-state index contributed by atoms with van der Waals surface area (Å²) in [5, 5.41) is 14.0. The summed E-state index contributed by atoms with van der Waals surface area (Å²) in [6.45, 7) is 0.507. The fourth-order valence-corrected chi connectivity index (χ4v) is 4.51. The summed E-state index contributed by atoms with van der Waals surface area (Å²) in [6.07, 6.45) is 5.58. The van der Waals surface area contributed by atoms with Crippen molar-refractivity contribution in [2.75, 3.05) is 0 Å². The lowest BCUT2D eigenvalue weighted by molar-refractivity contribution is 0.0688. The van der Waals surface area contributed by atoms with E-state index in [2.05, 4.69) is 21.0 Å². The smallest absolute Gasteiger partial charge is 0.357 e. The van der Waals surface area contributed by atoms with Crippen molar-refractivity contribution in [3.8, 4) is 17.0 Å². The standard InChI is InChI=1S/C23H23BrN2O3/c24-20-21(23(27)28)25-26(18-9-5-2-6-10-18)22(20)17-11-13-19(14-12-17)29-15-16-7-3-1-4-8-16/h1,3-4,7-8,11-14,18H,2,5-6,9-10,15H2,(H,27,28). The molecule has 0 amide bonds. The third-order valence-electron chi connectivity index (χ3n) is 5.35. The molecule has 5 nitrogen and oxygen atoms in total. The van der Waals surface area contributed by atoms with Gasteiger partial charge in [0.05, 0.1) is 16.2 Å². The molecule has 0 bridgehead atoms. The number of hydrogen-bond donors (Lipinski definition) is 1. The van der Waals surface area contributed by atoms with Gasteiger partial charge in [-0.05, 0) is 58.6 Å². The van der Waals surface area contributed by atoms with E-state index in [1.807, 2.05) is 59.3 Å². The lowest BCUT2D eigenvalue weighted by atomic mass is 9.95. The number of nitrogens with zero attached hydrogens (tertiary/aromatic N) is 2. The van der Waals surface area contributed by atoms with Crippen LogP contribution in [0.3, 0.4) is 0 Å². The number of benzene rings is 2. The van der Waals surface area contributed by atoms with Gasteiger partial charge in [-0.2, -0.15) is 5.10 Å². The van der Waals surface area contributed by atoms with Crippen LogP contribution in [0, 0.1) is 0 Å². The number of aromatic nitrogens is 2. The van der Waals surface area contributed by atoms with Crippen molar-refractivity contribution in [2.24, 2.45) is 0 Å². The molecule has 0 radical (unpaired) electrons. The number of carboxylic acid groups (broad SMARTS) is 1. The third kappa shape index (κ3) is 4.37. The number of carbonyl (C=O) groups is 1. The molecule has 4 rings (SSSR count). The second kappa shape index (κ2) is 8.82. The first-order valence-electron chi connectivity index (χ1n) is 9.92. The van der Waals surface area contributed by atoms with E-state index >= 15 is 0 Å². The van der Waals surface area contributed by atoms with Crippen LogP contribution in [0.4, 0.5) is 0 Å². The normalized spacial score (nSPS) is 14.7. The van der Waals surface area contributed by atoms with Crippen molar-refractivity contribution in [1.82, 2.24) is 9.78 Å². The van der Waals surface area contributed by atoms with Crippen LogP contribution < -0.4 is 4.74 Å². The molecular weight excluding hydrogens is 432 g/mol. The van der Waals surface area contributed by atoms with Gasteiger partial charge in [0, 0.05) is 5.56 Å². The molecule has 1 N–H and O–H groups in total. The molecule has 0 saturated heterocycles. The Morgan fingerprint density at radius 2 is 1.76 bits per heavy atom. The fourth-order valence-electron chi connectivity index (χ4n) is 3.85.